The summed E-state index contributed by atoms with van der Waals surface area (Å²) in [5.74, 6) is 1.30. The molecule has 20 heavy (non-hydrogen) atoms. The summed E-state index contributed by atoms with van der Waals surface area (Å²) in [6.45, 7) is 6.20. The van der Waals surface area contributed by atoms with Crippen LogP contribution in [-0.2, 0) is 0 Å². The van der Waals surface area contributed by atoms with E-state index in [1.165, 1.54) is 0 Å². The Labute approximate surface area is 116 Å². The molecular formula is C13H17N5O2. The fraction of sp³-hybridized carbons (Fsp3) is 0.385. The van der Waals surface area contributed by atoms with Gasteiger partial charge in [0, 0.05) is 18.3 Å². The minimum atomic E-state index is -0.211. The monoisotopic (exact) mass is 275 g/mol. The van der Waals surface area contributed by atoms with E-state index in [0.717, 1.165) is 6.42 Å². The quantitative estimate of drug-likeness (QED) is 0.866. The molecule has 0 aliphatic rings. The van der Waals surface area contributed by atoms with Gasteiger partial charge in [-0.15, -0.1) is 0 Å². The van der Waals surface area contributed by atoms with Gasteiger partial charge in [0.1, 0.15) is 11.5 Å². The molecule has 0 unspecified atom stereocenters. The fourth-order valence-corrected chi connectivity index (χ4v) is 1.61. The Morgan fingerprint density at radius 2 is 2.10 bits per heavy atom. The summed E-state index contributed by atoms with van der Waals surface area (Å²) in [7, 11) is 0. The minimum absolute atomic E-state index is 0.211. The van der Waals surface area contributed by atoms with Gasteiger partial charge in [0.25, 0.3) is 5.91 Å². The van der Waals surface area contributed by atoms with Crippen LogP contribution in [0.2, 0.25) is 0 Å². The van der Waals surface area contributed by atoms with Crippen LogP contribution in [0.4, 0.5) is 11.8 Å². The molecule has 0 spiro atoms. The molecule has 2 N–H and O–H groups in total. The molecule has 0 radical (unpaired) electrons. The molecule has 2 aromatic rings. The molecule has 0 aliphatic heterocycles. The molecule has 106 valence electrons. The Balaban J connectivity index is 2.17. The fourth-order valence-electron chi connectivity index (χ4n) is 1.61. The predicted octanol–water partition coefficient (Wildman–Crippen LogP) is 1.96. The summed E-state index contributed by atoms with van der Waals surface area (Å²) >= 11 is 0. The van der Waals surface area contributed by atoms with Crippen molar-refractivity contribution >= 4 is 17.7 Å². The summed E-state index contributed by atoms with van der Waals surface area (Å²) in [4.78, 5) is 20.3. The van der Waals surface area contributed by atoms with Crippen molar-refractivity contribution in [3.63, 3.8) is 0 Å². The lowest BCUT2D eigenvalue weighted by Gasteiger charge is -2.06. The number of carbonyl (C=O) groups is 1. The highest BCUT2D eigenvalue weighted by Crippen LogP contribution is 2.13. The number of nitrogens with zero attached hydrogens (tertiary/aromatic N) is 3. The van der Waals surface area contributed by atoms with Crippen LogP contribution in [0.15, 0.2) is 16.7 Å². The van der Waals surface area contributed by atoms with Gasteiger partial charge in [0.2, 0.25) is 5.95 Å². The molecule has 0 aliphatic carbocycles. The third kappa shape index (κ3) is 3.53. The van der Waals surface area contributed by atoms with E-state index in [9.17, 15) is 4.79 Å². The van der Waals surface area contributed by atoms with Crippen LogP contribution in [0.3, 0.4) is 0 Å². The van der Waals surface area contributed by atoms with E-state index in [1.54, 1.807) is 26.0 Å². The SMILES string of the molecule is CCCNC(=O)c1cc(C)nc(Nc2cc(C)on2)n1. The van der Waals surface area contributed by atoms with Gasteiger partial charge < -0.3 is 15.2 Å². The summed E-state index contributed by atoms with van der Waals surface area (Å²) in [6, 6.07) is 3.37. The largest absolute Gasteiger partial charge is 0.360 e. The van der Waals surface area contributed by atoms with Crippen LogP contribution in [-0.4, -0.2) is 27.6 Å². The zero-order chi connectivity index (χ0) is 14.5. The Hall–Kier alpha value is -2.44. The third-order valence-electron chi connectivity index (χ3n) is 2.49. The first-order chi connectivity index (χ1) is 9.58. The Morgan fingerprint density at radius 1 is 1.30 bits per heavy atom. The molecule has 0 bridgehead atoms. The van der Waals surface area contributed by atoms with Crippen molar-refractivity contribution < 1.29 is 9.32 Å². The summed E-state index contributed by atoms with van der Waals surface area (Å²) in [5.41, 5.74) is 1.03. The van der Waals surface area contributed by atoms with Crippen molar-refractivity contribution in [2.75, 3.05) is 11.9 Å². The van der Waals surface area contributed by atoms with Gasteiger partial charge in [-0.3, -0.25) is 4.79 Å². The first-order valence-electron chi connectivity index (χ1n) is 6.42. The third-order valence-corrected chi connectivity index (χ3v) is 2.49. The van der Waals surface area contributed by atoms with Crippen LogP contribution < -0.4 is 10.6 Å². The van der Waals surface area contributed by atoms with E-state index in [0.29, 0.717) is 35.5 Å². The summed E-state index contributed by atoms with van der Waals surface area (Å²) in [5, 5.41) is 9.49. The molecule has 2 rings (SSSR count). The van der Waals surface area contributed by atoms with Crippen LogP contribution in [0, 0.1) is 13.8 Å². The summed E-state index contributed by atoms with van der Waals surface area (Å²) in [6.07, 6.45) is 0.874. The highest BCUT2D eigenvalue weighted by molar-refractivity contribution is 5.92. The average molecular weight is 275 g/mol. The number of nitrogens with one attached hydrogen (secondary N) is 2. The average Bonchev–Trinajstić information content (AvgIpc) is 2.80. The van der Waals surface area contributed by atoms with E-state index < -0.39 is 0 Å². The van der Waals surface area contributed by atoms with E-state index in [2.05, 4.69) is 25.8 Å². The van der Waals surface area contributed by atoms with Gasteiger partial charge in [-0.05, 0) is 26.3 Å². The second-order valence-corrected chi connectivity index (χ2v) is 4.42. The van der Waals surface area contributed by atoms with Crippen molar-refractivity contribution in [1.82, 2.24) is 20.4 Å². The van der Waals surface area contributed by atoms with Crippen molar-refractivity contribution in [1.29, 1.82) is 0 Å². The number of aromatic nitrogens is 3. The number of amides is 1. The van der Waals surface area contributed by atoms with E-state index in [1.807, 2.05) is 6.92 Å². The van der Waals surface area contributed by atoms with Gasteiger partial charge in [-0.2, -0.15) is 0 Å². The van der Waals surface area contributed by atoms with Crippen molar-refractivity contribution in [3.05, 3.63) is 29.3 Å². The maximum atomic E-state index is 11.9. The number of aryl methyl sites for hydroxylation is 2. The van der Waals surface area contributed by atoms with Gasteiger partial charge in [-0.25, -0.2) is 9.97 Å². The number of carbonyl (C=O) groups excluding carboxylic acids is 1. The maximum absolute atomic E-state index is 11.9. The van der Waals surface area contributed by atoms with Gasteiger partial charge in [0.05, 0.1) is 0 Å². The highest BCUT2D eigenvalue weighted by Gasteiger charge is 2.11. The normalized spacial score (nSPS) is 10.3. The van der Waals surface area contributed by atoms with Gasteiger partial charge in [-0.1, -0.05) is 12.1 Å². The van der Waals surface area contributed by atoms with Gasteiger partial charge >= 0.3 is 0 Å². The number of anilines is 2. The van der Waals surface area contributed by atoms with Crippen LogP contribution in [0.5, 0.6) is 0 Å². The molecule has 2 aromatic heterocycles. The first-order valence-corrected chi connectivity index (χ1v) is 6.42. The second-order valence-electron chi connectivity index (χ2n) is 4.42. The topological polar surface area (TPSA) is 92.9 Å². The lowest BCUT2D eigenvalue weighted by molar-refractivity contribution is 0.0948. The number of rotatable bonds is 5. The van der Waals surface area contributed by atoms with Crippen LogP contribution in [0.1, 0.15) is 35.3 Å². The number of hydrogen-bond donors (Lipinski definition) is 2. The molecule has 0 fully saturated rings. The molecular weight excluding hydrogens is 258 g/mol. The standard InChI is InChI=1S/C13H17N5O2/c1-4-5-14-12(19)10-6-8(2)15-13(16-10)17-11-7-9(3)20-18-11/h6-7H,4-5H2,1-3H3,(H,14,19)(H,15,16,17,18). The zero-order valence-electron chi connectivity index (χ0n) is 11.7. The van der Waals surface area contributed by atoms with E-state index >= 15 is 0 Å². The number of hydrogen-bond acceptors (Lipinski definition) is 6. The van der Waals surface area contributed by atoms with Crippen molar-refractivity contribution in [2.24, 2.45) is 0 Å². The molecule has 0 saturated carbocycles. The molecule has 0 saturated heterocycles. The Kier molecular flexibility index (Phi) is 4.29. The Morgan fingerprint density at radius 3 is 2.75 bits per heavy atom. The zero-order valence-corrected chi connectivity index (χ0v) is 11.7. The van der Waals surface area contributed by atoms with Crippen LogP contribution in [0.25, 0.3) is 0 Å². The minimum Gasteiger partial charge on any atom is -0.360 e. The highest BCUT2D eigenvalue weighted by atomic mass is 16.5. The second kappa shape index (κ2) is 6.14. The van der Waals surface area contributed by atoms with E-state index in [4.69, 9.17) is 4.52 Å². The maximum Gasteiger partial charge on any atom is 0.270 e. The molecule has 2 heterocycles. The molecule has 0 aromatic carbocycles. The smallest absolute Gasteiger partial charge is 0.270 e. The molecule has 1 amide bonds. The summed E-state index contributed by atoms with van der Waals surface area (Å²) < 4.78 is 4.95. The Bertz CT molecular complexity index is 609. The van der Waals surface area contributed by atoms with E-state index in [-0.39, 0.29) is 5.91 Å². The first kappa shape index (κ1) is 14.0. The lowest BCUT2D eigenvalue weighted by atomic mass is 10.3. The van der Waals surface area contributed by atoms with Crippen molar-refractivity contribution in [3.8, 4) is 0 Å². The molecule has 0 atom stereocenters. The van der Waals surface area contributed by atoms with Gasteiger partial charge in [0.15, 0.2) is 5.82 Å². The van der Waals surface area contributed by atoms with Crippen molar-refractivity contribution in [2.45, 2.75) is 27.2 Å². The predicted molar refractivity (Wildman–Crippen MR) is 73.9 cm³/mol. The lowest BCUT2D eigenvalue weighted by Crippen LogP contribution is -2.25. The molecule has 7 nitrogen and oxygen atoms in total. The molecule has 7 heteroatoms. The van der Waals surface area contributed by atoms with Crippen LogP contribution >= 0.6 is 0 Å².